The van der Waals surface area contributed by atoms with Crippen LogP contribution < -0.4 is 5.73 Å². The number of nitrogen functional groups attached to an aromatic ring is 1. The molecule has 1 aromatic heterocycles. The lowest BCUT2D eigenvalue weighted by Gasteiger charge is -2.26. The molecule has 2 fully saturated rings. The van der Waals surface area contributed by atoms with E-state index in [1.165, 1.54) is 16.6 Å². The van der Waals surface area contributed by atoms with E-state index < -0.39 is 15.6 Å². The predicted octanol–water partition coefficient (Wildman–Crippen LogP) is 1.91. The van der Waals surface area contributed by atoms with Crippen LogP contribution in [0.1, 0.15) is 20.8 Å². The van der Waals surface area contributed by atoms with Crippen LogP contribution in [-0.4, -0.2) is 60.5 Å². The van der Waals surface area contributed by atoms with E-state index in [1.807, 2.05) is 20.8 Å². The molecule has 2 aliphatic heterocycles. The molecule has 0 radical (unpaired) electrons. The standard InChI is InChI=1S/C16H23BrN4O4S/c1-16(2,3)25-15(22)20-6-10-8-21(9-11(10)7-20)26(23,24)13-4-12(17)5-19-14(13)18/h4-5,10-11H,6-9H2,1-3H3,(H2,18,19)/t10-,11-/m1/s1. The Bertz CT molecular complexity index is 810. The maximum absolute atomic E-state index is 12.9. The van der Waals surface area contributed by atoms with Crippen molar-refractivity contribution < 1.29 is 17.9 Å². The molecule has 0 aromatic carbocycles. The zero-order valence-corrected chi connectivity index (χ0v) is 17.4. The Labute approximate surface area is 161 Å². The number of carbonyl (C=O) groups excluding carboxylic acids is 1. The van der Waals surface area contributed by atoms with Gasteiger partial charge in [-0.05, 0) is 54.6 Å². The number of aromatic nitrogens is 1. The van der Waals surface area contributed by atoms with Crippen LogP contribution in [-0.2, 0) is 14.8 Å². The van der Waals surface area contributed by atoms with Gasteiger partial charge in [0.15, 0.2) is 0 Å². The molecular formula is C16H23BrN4O4S. The predicted molar refractivity (Wildman–Crippen MR) is 99.9 cm³/mol. The molecule has 3 heterocycles. The summed E-state index contributed by atoms with van der Waals surface area (Å²) in [7, 11) is -3.72. The van der Waals surface area contributed by atoms with Crippen molar-refractivity contribution in [2.75, 3.05) is 31.9 Å². The van der Waals surface area contributed by atoms with Crippen molar-refractivity contribution in [2.24, 2.45) is 11.8 Å². The van der Waals surface area contributed by atoms with E-state index >= 15 is 0 Å². The van der Waals surface area contributed by atoms with Crippen LogP contribution in [0.5, 0.6) is 0 Å². The Morgan fingerprint density at radius 2 is 1.85 bits per heavy atom. The van der Waals surface area contributed by atoms with Crippen LogP contribution in [0, 0.1) is 11.8 Å². The summed E-state index contributed by atoms with van der Waals surface area (Å²) < 4.78 is 33.2. The number of nitrogens with zero attached hydrogens (tertiary/aromatic N) is 3. The highest BCUT2D eigenvalue weighted by Crippen LogP contribution is 2.36. The highest BCUT2D eigenvalue weighted by Gasteiger charge is 2.46. The van der Waals surface area contributed by atoms with E-state index in [1.54, 1.807) is 4.90 Å². The second-order valence-corrected chi connectivity index (χ2v) is 10.6. The van der Waals surface area contributed by atoms with Crippen molar-refractivity contribution >= 4 is 37.9 Å². The minimum Gasteiger partial charge on any atom is -0.444 e. The van der Waals surface area contributed by atoms with Gasteiger partial charge in [0.25, 0.3) is 0 Å². The van der Waals surface area contributed by atoms with Crippen LogP contribution in [0.4, 0.5) is 10.6 Å². The summed E-state index contributed by atoms with van der Waals surface area (Å²) in [4.78, 5) is 17.8. The Hall–Kier alpha value is -1.39. The molecule has 0 bridgehead atoms. The lowest BCUT2D eigenvalue weighted by molar-refractivity contribution is 0.0279. The number of amides is 1. The van der Waals surface area contributed by atoms with E-state index in [2.05, 4.69) is 20.9 Å². The fourth-order valence-corrected chi connectivity index (χ4v) is 5.53. The Morgan fingerprint density at radius 3 is 2.38 bits per heavy atom. The molecule has 26 heavy (non-hydrogen) atoms. The fraction of sp³-hybridized carbons (Fsp3) is 0.625. The van der Waals surface area contributed by atoms with Crippen LogP contribution >= 0.6 is 15.9 Å². The van der Waals surface area contributed by atoms with Crippen molar-refractivity contribution in [1.29, 1.82) is 0 Å². The summed E-state index contributed by atoms with van der Waals surface area (Å²) >= 11 is 3.23. The van der Waals surface area contributed by atoms with Crippen molar-refractivity contribution in [2.45, 2.75) is 31.3 Å². The number of ether oxygens (including phenoxy) is 1. The van der Waals surface area contributed by atoms with Crippen LogP contribution in [0.3, 0.4) is 0 Å². The van der Waals surface area contributed by atoms with Crippen LogP contribution in [0.2, 0.25) is 0 Å². The van der Waals surface area contributed by atoms with Gasteiger partial charge < -0.3 is 15.4 Å². The quantitative estimate of drug-likeness (QED) is 0.743. The number of fused-ring (bicyclic) bond motifs is 1. The van der Waals surface area contributed by atoms with E-state index in [-0.39, 0.29) is 28.6 Å². The number of halogens is 1. The Morgan fingerprint density at radius 1 is 1.27 bits per heavy atom. The second-order valence-electron chi connectivity index (χ2n) is 7.76. The third kappa shape index (κ3) is 3.81. The van der Waals surface area contributed by atoms with Gasteiger partial charge >= 0.3 is 6.09 Å². The molecule has 1 aromatic rings. The first-order valence-corrected chi connectivity index (χ1v) is 10.6. The number of likely N-dealkylation sites (tertiary alicyclic amines) is 1. The monoisotopic (exact) mass is 446 g/mol. The average molecular weight is 447 g/mol. The van der Waals surface area contributed by atoms with Gasteiger partial charge in [0.2, 0.25) is 10.0 Å². The molecule has 0 aliphatic carbocycles. The van der Waals surface area contributed by atoms with Gasteiger partial charge in [-0.3, -0.25) is 0 Å². The first kappa shape index (κ1) is 19.4. The summed E-state index contributed by atoms with van der Waals surface area (Å²) in [5.41, 5.74) is 5.23. The number of sulfonamides is 1. The highest BCUT2D eigenvalue weighted by molar-refractivity contribution is 9.10. The highest BCUT2D eigenvalue weighted by atomic mass is 79.9. The molecule has 2 aliphatic rings. The molecular weight excluding hydrogens is 424 g/mol. The number of rotatable bonds is 2. The topological polar surface area (TPSA) is 106 Å². The average Bonchev–Trinajstić information content (AvgIpc) is 3.06. The number of nitrogens with two attached hydrogens (primary N) is 1. The van der Waals surface area contributed by atoms with Gasteiger partial charge in [-0.1, -0.05) is 0 Å². The SMILES string of the molecule is CC(C)(C)OC(=O)N1C[C@@H]2CN(S(=O)(=O)c3cc(Br)cnc3N)C[C@H]2C1. The van der Waals surface area contributed by atoms with Crippen LogP contribution in [0.25, 0.3) is 0 Å². The first-order chi connectivity index (χ1) is 12.0. The number of pyridine rings is 1. The smallest absolute Gasteiger partial charge is 0.410 e. The lowest BCUT2D eigenvalue weighted by Crippen LogP contribution is -2.38. The largest absolute Gasteiger partial charge is 0.444 e. The van der Waals surface area contributed by atoms with Gasteiger partial charge in [-0.25, -0.2) is 18.2 Å². The maximum atomic E-state index is 12.9. The third-order valence-corrected chi connectivity index (χ3v) is 6.87. The molecule has 144 valence electrons. The summed E-state index contributed by atoms with van der Waals surface area (Å²) in [5.74, 6) is 0.179. The van der Waals surface area contributed by atoms with Crippen molar-refractivity contribution in [1.82, 2.24) is 14.2 Å². The summed E-state index contributed by atoms with van der Waals surface area (Å²) in [6.45, 7) is 7.19. The van der Waals surface area contributed by atoms with E-state index in [4.69, 9.17) is 10.5 Å². The minimum atomic E-state index is -3.72. The fourth-order valence-electron chi connectivity index (χ4n) is 3.40. The normalized spacial score (nSPS) is 23.9. The Kier molecular flexibility index (Phi) is 4.95. The molecule has 0 saturated carbocycles. The van der Waals surface area contributed by atoms with E-state index in [0.717, 1.165) is 0 Å². The van der Waals surface area contributed by atoms with Gasteiger partial charge in [0, 0.05) is 36.8 Å². The summed E-state index contributed by atoms with van der Waals surface area (Å²) in [6, 6.07) is 1.47. The van der Waals surface area contributed by atoms with Gasteiger partial charge in [-0.15, -0.1) is 0 Å². The van der Waals surface area contributed by atoms with Crippen LogP contribution in [0.15, 0.2) is 21.6 Å². The van der Waals surface area contributed by atoms with Crippen molar-refractivity contribution in [3.8, 4) is 0 Å². The summed E-state index contributed by atoms with van der Waals surface area (Å²) in [6.07, 6.45) is 1.12. The number of anilines is 1. The van der Waals surface area contributed by atoms with Gasteiger partial charge in [0.1, 0.15) is 16.3 Å². The number of carbonyl (C=O) groups is 1. The maximum Gasteiger partial charge on any atom is 0.410 e. The minimum absolute atomic E-state index is 0.0100. The number of hydrogen-bond acceptors (Lipinski definition) is 6. The Balaban J connectivity index is 1.70. The molecule has 0 spiro atoms. The summed E-state index contributed by atoms with van der Waals surface area (Å²) in [5, 5.41) is 0. The zero-order valence-electron chi connectivity index (χ0n) is 15.0. The van der Waals surface area contributed by atoms with E-state index in [9.17, 15) is 13.2 Å². The molecule has 8 nitrogen and oxygen atoms in total. The van der Waals surface area contributed by atoms with Crippen molar-refractivity contribution in [3.63, 3.8) is 0 Å². The third-order valence-electron chi connectivity index (χ3n) is 4.57. The van der Waals surface area contributed by atoms with E-state index in [0.29, 0.717) is 30.7 Å². The van der Waals surface area contributed by atoms with Gasteiger partial charge in [0.05, 0.1) is 0 Å². The van der Waals surface area contributed by atoms with Crippen molar-refractivity contribution in [3.05, 3.63) is 16.7 Å². The molecule has 2 atom stereocenters. The number of hydrogen-bond donors (Lipinski definition) is 1. The molecule has 0 unspecified atom stereocenters. The molecule has 1 amide bonds. The molecule has 2 saturated heterocycles. The second kappa shape index (κ2) is 6.65. The molecule has 2 N–H and O–H groups in total. The van der Waals surface area contributed by atoms with Gasteiger partial charge in [-0.2, -0.15) is 4.31 Å². The molecule has 10 heteroatoms. The first-order valence-electron chi connectivity index (χ1n) is 8.36. The molecule has 3 rings (SSSR count). The zero-order chi connectivity index (χ0) is 19.3. The lowest BCUT2D eigenvalue weighted by atomic mass is 10.0.